The second kappa shape index (κ2) is 43.5. The fourth-order valence-electron chi connectivity index (χ4n) is 9.27. The van der Waals surface area contributed by atoms with Gasteiger partial charge in [0.05, 0.1) is 18.8 Å². The Morgan fingerprint density at radius 2 is 1.01 bits per heavy atom. The molecule has 1 saturated heterocycles. The van der Waals surface area contributed by atoms with Gasteiger partial charge in [0.25, 0.3) is 0 Å². The van der Waals surface area contributed by atoms with Gasteiger partial charge in [0.1, 0.15) is 54.4 Å². The first-order chi connectivity index (χ1) is 40.0. The van der Waals surface area contributed by atoms with E-state index in [0.717, 1.165) is 70.6 Å². The normalized spacial score (nSPS) is 21.8. The molecule has 0 aromatic carbocycles. The number of carbonyl (C=O) groups is 11. The summed E-state index contributed by atoms with van der Waals surface area (Å²) >= 11 is 0. The lowest BCUT2D eigenvalue weighted by Gasteiger charge is -2.28. The second-order valence-electron chi connectivity index (χ2n) is 22.2. The zero-order valence-corrected chi connectivity index (χ0v) is 50.7. The lowest BCUT2D eigenvalue weighted by molar-refractivity contribution is -0.136. The fourth-order valence-corrected chi connectivity index (χ4v) is 9.27. The first kappa shape index (κ1) is 75.9. The van der Waals surface area contributed by atoms with Crippen LogP contribution in [0.25, 0.3) is 0 Å². The van der Waals surface area contributed by atoms with E-state index in [1.807, 2.05) is 13.8 Å². The van der Waals surface area contributed by atoms with Crippen LogP contribution in [-0.4, -0.2) is 181 Å². The average molecular weight is 1200 g/mol. The molecule has 1 heterocycles. The van der Waals surface area contributed by atoms with E-state index in [4.69, 9.17) is 22.9 Å². The van der Waals surface area contributed by atoms with Crippen molar-refractivity contribution in [3.8, 4) is 0 Å². The summed E-state index contributed by atoms with van der Waals surface area (Å²) in [7, 11) is 0. The van der Waals surface area contributed by atoms with Gasteiger partial charge in [-0.1, -0.05) is 105 Å². The number of rotatable bonds is 34. The van der Waals surface area contributed by atoms with Gasteiger partial charge in [0.15, 0.2) is 0 Å². The van der Waals surface area contributed by atoms with Gasteiger partial charge in [0.2, 0.25) is 65.0 Å². The average Bonchev–Trinajstić information content (AvgIpc) is 3.53. The van der Waals surface area contributed by atoms with E-state index in [0.29, 0.717) is 12.8 Å². The van der Waals surface area contributed by atoms with Crippen molar-refractivity contribution in [2.24, 2.45) is 28.9 Å². The van der Waals surface area contributed by atoms with E-state index in [2.05, 4.69) is 72.3 Å². The van der Waals surface area contributed by atoms with Crippen LogP contribution in [0.4, 0.5) is 0 Å². The molecule has 0 aromatic rings. The zero-order chi connectivity index (χ0) is 63.1. The van der Waals surface area contributed by atoms with Crippen LogP contribution in [0.3, 0.4) is 0 Å². The van der Waals surface area contributed by atoms with E-state index in [-0.39, 0.29) is 77.0 Å². The third-order valence-corrected chi connectivity index (χ3v) is 14.1. The van der Waals surface area contributed by atoms with Gasteiger partial charge in [-0.25, -0.2) is 0 Å². The smallest absolute Gasteiger partial charge is 0.245 e. The highest BCUT2D eigenvalue weighted by atomic mass is 16.3. The highest BCUT2D eigenvalue weighted by Gasteiger charge is 2.36. The molecule has 21 N–H and O–H groups in total. The monoisotopic (exact) mass is 1200 g/mol. The predicted molar refractivity (Wildman–Crippen MR) is 316 cm³/mol. The van der Waals surface area contributed by atoms with Crippen LogP contribution >= 0.6 is 0 Å². The highest BCUT2D eigenvalue weighted by molar-refractivity contribution is 5.98. The molecule has 28 heteroatoms. The first-order valence-electron chi connectivity index (χ1n) is 30.4. The van der Waals surface area contributed by atoms with Gasteiger partial charge in [-0.15, -0.1) is 0 Å². The van der Waals surface area contributed by atoms with Crippen molar-refractivity contribution in [1.29, 1.82) is 0 Å². The molecule has 482 valence electrons. The summed E-state index contributed by atoms with van der Waals surface area (Å²) in [5.41, 5.74) is 23.3. The predicted octanol–water partition coefficient (Wildman–Crippen LogP) is -2.92. The van der Waals surface area contributed by atoms with Gasteiger partial charge in [-0.2, -0.15) is 0 Å². The summed E-state index contributed by atoms with van der Waals surface area (Å²) in [6, 6.07) is -12.7. The molecule has 0 aromatic heterocycles. The van der Waals surface area contributed by atoms with E-state index in [9.17, 15) is 63.0 Å². The lowest BCUT2D eigenvalue weighted by Crippen LogP contribution is -2.61. The molecule has 1 aliphatic rings. The number of nitrogens with one attached hydrogen (secondary N) is 11. The summed E-state index contributed by atoms with van der Waals surface area (Å²) in [5.74, 6) is -9.45. The van der Waals surface area contributed by atoms with Gasteiger partial charge in [0, 0.05) is 13.0 Å². The van der Waals surface area contributed by atoms with Crippen molar-refractivity contribution in [1.82, 2.24) is 58.5 Å². The standard InChI is InChI=1S/C56H105N15O13/c1-7-9-11-13-15-17-19-21-44(74)63-38(22-27-57)52(80)71-47(36(6)73)56(84)68-40(24-29-59)51(79)67-42-26-31-61-55(83)46(35(5)72)70-53(81)41(25-30-60)65-50(78)39(23-28-58)66-54(82)43(32-34(3)4)69-49(77)37(20-18-16-14-12-10-8-2)64-45(75)33-62-48(42)76/h34-43,46-47,72-73H,7-33,57-60H2,1-6H3,(H,61,83)(H,62,76)(H,63,74)(H,64,75)(H,65,78)(H,66,82)(H,67,79)(H,68,84)(H,69,77)(H,70,81)(H,71,80). The number of carbonyl (C=O) groups excluding carboxylic acids is 11. The molecule has 0 bridgehead atoms. The molecule has 84 heavy (non-hydrogen) atoms. The minimum atomic E-state index is -1.67. The molecule has 28 nitrogen and oxygen atoms in total. The first-order valence-corrected chi connectivity index (χ1v) is 30.4. The maximum atomic E-state index is 14.2. The molecule has 1 aliphatic heterocycles. The Morgan fingerprint density at radius 1 is 0.524 bits per heavy atom. The molecule has 11 amide bonds. The van der Waals surface area contributed by atoms with Crippen molar-refractivity contribution >= 4 is 65.0 Å². The maximum Gasteiger partial charge on any atom is 0.245 e. The largest absolute Gasteiger partial charge is 0.391 e. The number of amides is 11. The molecule has 0 spiro atoms. The van der Waals surface area contributed by atoms with E-state index in [1.54, 1.807) is 0 Å². The Labute approximate surface area is 496 Å². The van der Waals surface area contributed by atoms with Crippen molar-refractivity contribution in [2.75, 3.05) is 39.3 Å². The van der Waals surface area contributed by atoms with Crippen molar-refractivity contribution in [3.05, 3.63) is 0 Å². The number of aliphatic hydroxyl groups excluding tert-OH is 2. The van der Waals surface area contributed by atoms with Crippen LogP contribution in [0.1, 0.15) is 176 Å². The number of aliphatic hydroxyl groups is 2. The van der Waals surface area contributed by atoms with Crippen molar-refractivity contribution in [3.63, 3.8) is 0 Å². The van der Waals surface area contributed by atoms with Crippen molar-refractivity contribution in [2.45, 2.75) is 243 Å². The summed E-state index contributed by atoms with van der Waals surface area (Å²) in [6.07, 6.45) is 8.28. The van der Waals surface area contributed by atoms with Crippen LogP contribution in [0.2, 0.25) is 0 Å². The molecule has 11 unspecified atom stereocenters. The fraction of sp³-hybridized carbons (Fsp3) is 0.804. The van der Waals surface area contributed by atoms with E-state index in [1.165, 1.54) is 13.8 Å². The molecule has 0 aliphatic carbocycles. The lowest BCUT2D eigenvalue weighted by atomic mass is 10.0. The van der Waals surface area contributed by atoms with Gasteiger partial charge < -0.3 is 91.6 Å². The number of unbranched alkanes of at least 4 members (excludes halogenated alkanes) is 11. The highest BCUT2D eigenvalue weighted by Crippen LogP contribution is 2.13. The van der Waals surface area contributed by atoms with Crippen molar-refractivity contribution < 1.29 is 63.0 Å². The molecule has 0 radical (unpaired) electrons. The van der Waals surface area contributed by atoms with Gasteiger partial charge >= 0.3 is 0 Å². The third-order valence-electron chi connectivity index (χ3n) is 14.1. The summed E-state index contributed by atoms with van der Waals surface area (Å²) < 4.78 is 0. The topological polar surface area (TPSA) is 465 Å². The minimum absolute atomic E-state index is 0.0000966. The Balaban J connectivity index is 3.68. The summed E-state index contributed by atoms with van der Waals surface area (Å²) in [4.78, 5) is 152. The van der Waals surface area contributed by atoms with E-state index >= 15 is 0 Å². The van der Waals surface area contributed by atoms with Gasteiger partial charge in [-0.3, -0.25) is 52.7 Å². The van der Waals surface area contributed by atoms with E-state index < -0.39 is 151 Å². The quantitative estimate of drug-likeness (QED) is 0.0287. The van der Waals surface area contributed by atoms with Crippen LogP contribution in [0.5, 0.6) is 0 Å². The van der Waals surface area contributed by atoms with Crippen LogP contribution in [-0.2, 0) is 52.7 Å². The van der Waals surface area contributed by atoms with Crippen LogP contribution in [0, 0.1) is 5.92 Å². The SMILES string of the molecule is CCCCCCCCCC(=O)NC(CCN)C(=O)NC(C(=O)NC(CCN)C(=O)NC1CCNC(=O)C(C(C)O)NC(=O)C(CCN)NC(=O)C(CCN)NC(=O)C(CC(C)C)NC(=O)C(CCCCCCCC)NC(=O)CNC1=O)C(C)O. The van der Waals surface area contributed by atoms with Crippen LogP contribution in [0.15, 0.2) is 0 Å². The Hall–Kier alpha value is -6.07. The third kappa shape index (κ3) is 30.7. The van der Waals surface area contributed by atoms with Crippen LogP contribution < -0.4 is 81.4 Å². The maximum absolute atomic E-state index is 14.2. The Bertz CT molecular complexity index is 2050. The number of nitrogens with two attached hydrogens (primary N) is 4. The summed E-state index contributed by atoms with van der Waals surface area (Å²) in [5, 5.41) is 49.5. The molecule has 1 rings (SSSR count). The zero-order valence-electron chi connectivity index (χ0n) is 50.7. The summed E-state index contributed by atoms with van der Waals surface area (Å²) in [6.45, 7) is 8.66. The number of hydrogen-bond donors (Lipinski definition) is 17. The molecular formula is C56H105N15O13. The molecular weight excluding hydrogens is 1090 g/mol. The molecule has 0 saturated carbocycles. The second-order valence-corrected chi connectivity index (χ2v) is 22.2. The Morgan fingerprint density at radius 3 is 1.52 bits per heavy atom. The van der Waals surface area contributed by atoms with Gasteiger partial charge in [-0.05, 0) is 97.3 Å². The minimum Gasteiger partial charge on any atom is -0.391 e. The Kier molecular flexibility index (Phi) is 39.4. The molecule has 11 atom stereocenters. The number of hydrogen-bond acceptors (Lipinski definition) is 17. The molecule has 1 fully saturated rings.